The number of hydrogen-bond donors (Lipinski definition) is 2. The first-order valence-electron chi connectivity index (χ1n) is 8.09. The van der Waals surface area contributed by atoms with Crippen LogP contribution in [-0.4, -0.2) is 71.5 Å². The van der Waals surface area contributed by atoms with Gasteiger partial charge in [-0.15, -0.1) is 12.4 Å². The van der Waals surface area contributed by atoms with Crippen molar-refractivity contribution < 1.29 is 19.5 Å². The number of nitrogens with one attached hydrogen (secondary N) is 1. The van der Waals surface area contributed by atoms with Crippen LogP contribution in [0.15, 0.2) is 0 Å². The molecule has 0 aromatic carbocycles. The minimum atomic E-state index is -0.847. The number of halogens is 1. The van der Waals surface area contributed by atoms with E-state index in [9.17, 15) is 19.5 Å². The Morgan fingerprint density at radius 3 is 2.65 bits per heavy atom. The molecule has 0 bridgehead atoms. The predicted octanol–water partition coefficient (Wildman–Crippen LogP) is 0.476. The van der Waals surface area contributed by atoms with E-state index in [0.717, 1.165) is 32.2 Å². The summed E-state index contributed by atoms with van der Waals surface area (Å²) in [5.41, 5.74) is 0. The van der Waals surface area contributed by atoms with Gasteiger partial charge in [-0.1, -0.05) is 6.42 Å². The lowest BCUT2D eigenvalue weighted by Crippen LogP contribution is -2.49. The van der Waals surface area contributed by atoms with Crippen LogP contribution >= 0.6 is 12.4 Å². The second kappa shape index (κ2) is 9.72. The highest BCUT2D eigenvalue weighted by Gasteiger charge is 2.29. The molecule has 2 aliphatic heterocycles. The van der Waals surface area contributed by atoms with Crippen LogP contribution in [0.1, 0.15) is 38.5 Å². The van der Waals surface area contributed by atoms with Crippen molar-refractivity contribution in [2.24, 2.45) is 0 Å². The molecule has 0 radical (unpaired) electrons. The van der Waals surface area contributed by atoms with Gasteiger partial charge in [0.05, 0.1) is 6.54 Å². The SMILES string of the molecule is Cl.O=C(CN1CCCCC1C(=O)O)NCCCN1CCCC1=O. The van der Waals surface area contributed by atoms with E-state index in [1.54, 1.807) is 4.90 Å². The summed E-state index contributed by atoms with van der Waals surface area (Å²) in [5, 5.41) is 12.0. The standard InChI is InChI=1S/C15H25N3O4.ClH/c19-13(11-18-8-2-1-5-12(18)15(21)22)16-7-4-10-17-9-3-6-14(17)20;/h12H,1-11H2,(H,16,19)(H,21,22);1H. The van der Waals surface area contributed by atoms with E-state index in [4.69, 9.17) is 0 Å². The number of carboxylic acid groups (broad SMARTS) is 1. The molecule has 0 saturated carbocycles. The van der Waals surface area contributed by atoms with Crippen LogP contribution in [-0.2, 0) is 14.4 Å². The molecule has 2 fully saturated rings. The van der Waals surface area contributed by atoms with Crippen molar-refractivity contribution in [1.29, 1.82) is 0 Å². The molecule has 2 heterocycles. The second-order valence-electron chi connectivity index (χ2n) is 6.01. The highest BCUT2D eigenvalue weighted by atomic mass is 35.5. The van der Waals surface area contributed by atoms with Crippen molar-refractivity contribution in [3.05, 3.63) is 0 Å². The average Bonchev–Trinajstić information content (AvgIpc) is 2.89. The van der Waals surface area contributed by atoms with Gasteiger partial charge in [0.15, 0.2) is 0 Å². The number of piperidine rings is 1. The fourth-order valence-corrected chi connectivity index (χ4v) is 3.14. The monoisotopic (exact) mass is 347 g/mol. The molecule has 2 N–H and O–H groups in total. The van der Waals surface area contributed by atoms with E-state index in [-0.39, 0.29) is 30.8 Å². The first-order chi connectivity index (χ1) is 10.6. The third-order valence-corrected chi connectivity index (χ3v) is 4.34. The number of nitrogens with zero attached hydrogens (tertiary/aromatic N) is 2. The Morgan fingerprint density at radius 1 is 1.22 bits per heavy atom. The van der Waals surface area contributed by atoms with Crippen molar-refractivity contribution in [2.45, 2.75) is 44.6 Å². The van der Waals surface area contributed by atoms with Gasteiger partial charge in [-0.05, 0) is 32.2 Å². The highest BCUT2D eigenvalue weighted by Crippen LogP contribution is 2.16. The molecule has 23 heavy (non-hydrogen) atoms. The number of carbonyl (C=O) groups excluding carboxylic acids is 2. The molecule has 0 aromatic rings. The van der Waals surface area contributed by atoms with Gasteiger partial charge in [-0.3, -0.25) is 19.3 Å². The molecule has 0 spiro atoms. The van der Waals surface area contributed by atoms with Crippen molar-refractivity contribution in [3.63, 3.8) is 0 Å². The van der Waals surface area contributed by atoms with Crippen LogP contribution < -0.4 is 5.32 Å². The number of carboxylic acids is 1. The van der Waals surface area contributed by atoms with Crippen molar-refractivity contribution in [3.8, 4) is 0 Å². The summed E-state index contributed by atoms with van der Waals surface area (Å²) in [4.78, 5) is 38.1. The van der Waals surface area contributed by atoms with Crippen LogP contribution in [0.5, 0.6) is 0 Å². The molecular formula is C15H26ClN3O4. The largest absolute Gasteiger partial charge is 0.480 e. The molecule has 2 aliphatic rings. The van der Waals surface area contributed by atoms with Gasteiger partial charge >= 0.3 is 5.97 Å². The fourth-order valence-electron chi connectivity index (χ4n) is 3.14. The number of rotatable bonds is 7. The Kier molecular flexibility index (Phi) is 8.33. The lowest BCUT2D eigenvalue weighted by atomic mass is 10.0. The molecule has 7 nitrogen and oxygen atoms in total. The van der Waals surface area contributed by atoms with E-state index in [1.165, 1.54) is 0 Å². The van der Waals surface area contributed by atoms with Crippen LogP contribution in [0.4, 0.5) is 0 Å². The van der Waals surface area contributed by atoms with Crippen molar-refractivity contribution in [2.75, 3.05) is 32.7 Å². The number of hydrogen-bond acceptors (Lipinski definition) is 4. The predicted molar refractivity (Wildman–Crippen MR) is 87.5 cm³/mol. The van der Waals surface area contributed by atoms with Gasteiger partial charge in [-0.25, -0.2) is 0 Å². The zero-order valence-corrected chi connectivity index (χ0v) is 14.1. The second-order valence-corrected chi connectivity index (χ2v) is 6.01. The van der Waals surface area contributed by atoms with Gasteiger partial charge in [0.2, 0.25) is 11.8 Å². The average molecular weight is 348 g/mol. The molecule has 132 valence electrons. The zero-order chi connectivity index (χ0) is 15.9. The number of likely N-dealkylation sites (tertiary alicyclic amines) is 2. The van der Waals surface area contributed by atoms with Crippen molar-refractivity contribution >= 4 is 30.2 Å². The molecule has 1 unspecified atom stereocenters. The maximum absolute atomic E-state index is 11.9. The maximum atomic E-state index is 11.9. The van der Waals surface area contributed by atoms with Crippen LogP contribution in [0.25, 0.3) is 0 Å². The minimum Gasteiger partial charge on any atom is -0.480 e. The summed E-state index contributed by atoms with van der Waals surface area (Å²) in [6.07, 6.45) is 4.75. The van der Waals surface area contributed by atoms with E-state index < -0.39 is 12.0 Å². The molecular weight excluding hydrogens is 322 g/mol. The summed E-state index contributed by atoms with van der Waals surface area (Å²) in [6.45, 7) is 2.82. The normalized spacial score (nSPS) is 21.8. The summed E-state index contributed by atoms with van der Waals surface area (Å²) in [6, 6.07) is -0.540. The topological polar surface area (TPSA) is 89.9 Å². The van der Waals surface area contributed by atoms with Gasteiger partial charge < -0.3 is 15.3 Å². The Morgan fingerprint density at radius 2 is 2.00 bits per heavy atom. The Bertz CT molecular complexity index is 433. The Balaban J connectivity index is 0.00000264. The van der Waals surface area contributed by atoms with Gasteiger partial charge in [0.1, 0.15) is 6.04 Å². The Labute approximate surface area is 142 Å². The maximum Gasteiger partial charge on any atom is 0.320 e. The quantitative estimate of drug-likeness (QED) is 0.654. The van der Waals surface area contributed by atoms with Crippen LogP contribution in [0.3, 0.4) is 0 Å². The summed E-state index contributed by atoms with van der Waals surface area (Å²) in [7, 11) is 0. The smallest absolute Gasteiger partial charge is 0.320 e. The number of aliphatic carboxylic acids is 1. The summed E-state index contributed by atoms with van der Waals surface area (Å²) in [5.74, 6) is -0.787. The third kappa shape index (κ3) is 5.99. The zero-order valence-electron chi connectivity index (χ0n) is 13.3. The molecule has 0 aliphatic carbocycles. The molecule has 1 atom stereocenters. The van der Waals surface area contributed by atoms with Gasteiger partial charge in [-0.2, -0.15) is 0 Å². The fraction of sp³-hybridized carbons (Fsp3) is 0.800. The van der Waals surface area contributed by atoms with Crippen LogP contribution in [0.2, 0.25) is 0 Å². The first-order valence-corrected chi connectivity index (χ1v) is 8.09. The third-order valence-electron chi connectivity index (χ3n) is 4.34. The lowest BCUT2D eigenvalue weighted by Gasteiger charge is -2.32. The minimum absolute atomic E-state index is 0. The summed E-state index contributed by atoms with van der Waals surface area (Å²) < 4.78 is 0. The van der Waals surface area contributed by atoms with E-state index in [1.807, 2.05) is 4.90 Å². The molecule has 2 amide bonds. The van der Waals surface area contributed by atoms with E-state index >= 15 is 0 Å². The van der Waals surface area contributed by atoms with Gasteiger partial charge in [0, 0.05) is 26.1 Å². The highest BCUT2D eigenvalue weighted by molar-refractivity contribution is 5.85. The summed E-state index contributed by atoms with van der Waals surface area (Å²) >= 11 is 0. The van der Waals surface area contributed by atoms with E-state index in [0.29, 0.717) is 32.5 Å². The Hall–Kier alpha value is -1.34. The molecule has 2 saturated heterocycles. The van der Waals surface area contributed by atoms with E-state index in [2.05, 4.69) is 5.32 Å². The lowest BCUT2D eigenvalue weighted by molar-refractivity contribution is -0.145. The molecule has 2 rings (SSSR count). The number of amides is 2. The first kappa shape index (κ1) is 19.7. The van der Waals surface area contributed by atoms with Crippen LogP contribution in [0, 0.1) is 0 Å². The molecule has 8 heteroatoms. The molecule has 0 aromatic heterocycles. The van der Waals surface area contributed by atoms with Gasteiger partial charge in [0.25, 0.3) is 0 Å². The van der Waals surface area contributed by atoms with Crippen molar-refractivity contribution in [1.82, 2.24) is 15.1 Å². The number of carbonyl (C=O) groups is 3.